The maximum absolute atomic E-state index is 10.2. The first-order valence-electron chi connectivity index (χ1n) is 12.3. The van der Waals surface area contributed by atoms with Crippen molar-refractivity contribution in [3.05, 3.63) is 12.2 Å². The lowest BCUT2D eigenvalue weighted by Gasteiger charge is -2.49. The second-order valence-electron chi connectivity index (χ2n) is 8.81. The van der Waals surface area contributed by atoms with Crippen LogP contribution in [-0.4, -0.2) is 80.9 Å². The van der Waals surface area contributed by atoms with E-state index in [1.807, 2.05) is 34.6 Å². The Kier molecular flexibility index (Phi) is 14.4. The van der Waals surface area contributed by atoms with Gasteiger partial charge in [-0.25, -0.2) is 0 Å². The van der Waals surface area contributed by atoms with Crippen LogP contribution < -0.4 is 0 Å². The summed E-state index contributed by atoms with van der Waals surface area (Å²) in [6.45, 7) is 16.2. The lowest BCUT2D eigenvalue weighted by molar-refractivity contribution is -0.344. The molecule has 4 aliphatic heterocycles. The van der Waals surface area contributed by atoms with Gasteiger partial charge in [0.2, 0.25) is 0 Å². The molecule has 0 amide bonds. The van der Waals surface area contributed by atoms with E-state index in [0.29, 0.717) is 26.1 Å². The molecule has 1 N–H and O–H groups in total. The van der Waals surface area contributed by atoms with E-state index in [1.165, 1.54) is 25.5 Å². The number of esters is 1. The fraction of sp³-hybridized carbons (Fsp3) is 0.880. The first-order valence-corrected chi connectivity index (χ1v) is 12.3. The molecule has 4 saturated heterocycles. The first kappa shape index (κ1) is 30.0. The van der Waals surface area contributed by atoms with E-state index < -0.39 is 11.9 Å². The number of aliphatic hydroxyl groups excluding tert-OH is 1. The summed E-state index contributed by atoms with van der Waals surface area (Å²) in [5, 5.41) is 9.56. The number of ether oxygens (including phenoxy) is 6. The van der Waals surface area contributed by atoms with Crippen LogP contribution in [0.15, 0.2) is 12.2 Å². The van der Waals surface area contributed by atoms with Gasteiger partial charge < -0.3 is 33.5 Å². The molecule has 0 spiro atoms. The SMILES string of the molecule is C=C1CCCOC1.CC.CC1(C)OC[C@H]2O[C@H]3C[C@@H](O)CO[C@H]3C[C@H]2O1.CCCC(=O)OC. The van der Waals surface area contributed by atoms with Crippen molar-refractivity contribution in [3.63, 3.8) is 0 Å². The number of methoxy groups -OCH3 is 1. The number of rotatable bonds is 2. The number of hydrogen-bond donors (Lipinski definition) is 1. The van der Waals surface area contributed by atoms with Crippen LogP contribution in [0.4, 0.5) is 0 Å². The van der Waals surface area contributed by atoms with E-state index in [2.05, 4.69) is 11.3 Å². The summed E-state index contributed by atoms with van der Waals surface area (Å²) in [5.41, 5.74) is 1.24. The van der Waals surface area contributed by atoms with E-state index in [0.717, 1.165) is 26.1 Å². The molecule has 4 rings (SSSR count). The van der Waals surface area contributed by atoms with Gasteiger partial charge in [0.15, 0.2) is 5.79 Å². The second-order valence-corrected chi connectivity index (χ2v) is 8.81. The Bertz CT molecular complexity index is 549. The summed E-state index contributed by atoms with van der Waals surface area (Å²) in [7, 11) is 1.40. The molecule has 0 aromatic heterocycles. The van der Waals surface area contributed by atoms with Crippen LogP contribution in [0.3, 0.4) is 0 Å². The third kappa shape index (κ3) is 11.3. The predicted molar refractivity (Wildman–Crippen MR) is 126 cm³/mol. The van der Waals surface area contributed by atoms with Crippen LogP contribution >= 0.6 is 0 Å². The fourth-order valence-corrected chi connectivity index (χ4v) is 3.86. The van der Waals surface area contributed by atoms with Gasteiger partial charge in [-0.15, -0.1) is 0 Å². The van der Waals surface area contributed by atoms with Crippen LogP contribution in [0.25, 0.3) is 0 Å². The highest BCUT2D eigenvalue weighted by Crippen LogP contribution is 2.35. The van der Waals surface area contributed by atoms with Gasteiger partial charge in [-0.05, 0) is 33.1 Å². The minimum Gasteiger partial charge on any atom is -0.469 e. The van der Waals surface area contributed by atoms with Crippen molar-refractivity contribution in [3.8, 4) is 0 Å². The van der Waals surface area contributed by atoms with E-state index in [-0.39, 0.29) is 30.4 Å². The van der Waals surface area contributed by atoms with Gasteiger partial charge in [0.25, 0.3) is 0 Å². The highest BCUT2D eigenvalue weighted by molar-refractivity contribution is 5.68. The van der Waals surface area contributed by atoms with Crippen LogP contribution in [0.5, 0.6) is 0 Å². The van der Waals surface area contributed by atoms with E-state index in [1.54, 1.807) is 0 Å². The average molecular weight is 475 g/mol. The Labute approximate surface area is 199 Å². The summed E-state index contributed by atoms with van der Waals surface area (Å²) >= 11 is 0. The highest BCUT2D eigenvalue weighted by atomic mass is 16.7. The van der Waals surface area contributed by atoms with Crippen molar-refractivity contribution < 1.29 is 38.3 Å². The summed E-state index contributed by atoms with van der Waals surface area (Å²) in [4.78, 5) is 10.2. The molecule has 8 nitrogen and oxygen atoms in total. The Balaban J connectivity index is 0.000000284. The number of fused-ring (bicyclic) bond motifs is 2. The monoisotopic (exact) mass is 474 g/mol. The Hall–Kier alpha value is -1.03. The molecule has 194 valence electrons. The lowest BCUT2D eigenvalue weighted by atomic mass is 9.92. The minimum atomic E-state index is -0.536. The quantitative estimate of drug-likeness (QED) is 0.477. The Morgan fingerprint density at radius 2 is 1.88 bits per heavy atom. The van der Waals surface area contributed by atoms with E-state index in [4.69, 9.17) is 23.7 Å². The molecule has 5 atom stereocenters. The minimum absolute atomic E-state index is 0.0200. The molecule has 4 heterocycles. The van der Waals surface area contributed by atoms with Gasteiger partial charge >= 0.3 is 5.97 Å². The van der Waals surface area contributed by atoms with Crippen molar-refractivity contribution in [2.24, 2.45) is 0 Å². The molecule has 4 aliphatic rings. The topological polar surface area (TPSA) is 92.7 Å². The lowest BCUT2D eigenvalue weighted by Crippen LogP contribution is -2.59. The van der Waals surface area contributed by atoms with Crippen LogP contribution in [-0.2, 0) is 33.2 Å². The largest absolute Gasteiger partial charge is 0.469 e. The van der Waals surface area contributed by atoms with Crippen LogP contribution in [0.2, 0.25) is 0 Å². The third-order valence-electron chi connectivity index (χ3n) is 5.49. The standard InChI is InChI=1S/C12H20O5.C6H10O.C5H10O2.C2H6/c1-12(2)15-6-11-10(17-12)4-8-9(16-11)3-7(13)5-14-8;1-6-3-2-4-7-5-6;1-3-4-5(6)7-2;1-2/h7-11,13H,3-6H2,1-2H3;1-5H2;3-4H2,1-2H3;1-2H3/t7-,8+,9+,10-,11-;;;/m1.../s1. The predicted octanol–water partition coefficient (Wildman–Crippen LogP) is 3.78. The smallest absolute Gasteiger partial charge is 0.305 e. The zero-order valence-electron chi connectivity index (χ0n) is 21.5. The van der Waals surface area contributed by atoms with Crippen LogP contribution in [0, 0.1) is 0 Å². The Morgan fingerprint density at radius 3 is 2.39 bits per heavy atom. The van der Waals surface area contributed by atoms with Gasteiger partial charge in [-0.1, -0.05) is 32.9 Å². The molecular formula is C25H46O8. The van der Waals surface area contributed by atoms with Gasteiger partial charge in [0.05, 0.1) is 51.3 Å². The maximum atomic E-state index is 10.2. The van der Waals surface area contributed by atoms with Crippen molar-refractivity contribution in [2.45, 2.75) is 109 Å². The zero-order valence-corrected chi connectivity index (χ0v) is 21.5. The number of aliphatic hydroxyl groups is 1. The van der Waals surface area contributed by atoms with Crippen molar-refractivity contribution in [1.82, 2.24) is 0 Å². The molecule has 0 aromatic carbocycles. The van der Waals surface area contributed by atoms with Crippen molar-refractivity contribution in [2.75, 3.05) is 33.5 Å². The summed E-state index contributed by atoms with van der Waals surface area (Å²) < 4.78 is 32.4. The molecule has 0 aromatic rings. The maximum Gasteiger partial charge on any atom is 0.305 e. The first-order chi connectivity index (χ1) is 15.7. The van der Waals surface area contributed by atoms with Crippen molar-refractivity contribution in [1.29, 1.82) is 0 Å². The van der Waals surface area contributed by atoms with Crippen LogP contribution in [0.1, 0.15) is 73.1 Å². The van der Waals surface area contributed by atoms with Gasteiger partial charge in [-0.3, -0.25) is 4.79 Å². The van der Waals surface area contributed by atoms with Gasteiger partial charge in [0, 0.05) is 25.9 Å². The molecule has 0 aliphatic carbocycles. The molecule has 0 bridgehead atoms. The molecule has 8 heteroatoms. The normalized spacial score (nSPS) is 32.1. The number of carbonyl (C=O) groups is 1. The molecule has 0 radical (unpaired) electrons. The van der Waals surface area contributed by atoms with E-state index >= 15 is 0 Å². The summed E-state index contributed by atoms with van der Waals surface area (Å²) in [6.07, 6.45) is 4.85. The molecule has 0 unspecified atom stereocenters. The number of carbonyl (C=O) groups excluding carboxylic acids is 1. The average Bonchev–Trinajstić information content (AvgIpc) is 2.80. The van der Waals surface area contributed by atoms with Gasteiger partial charge in [-0.2, -0.15) is 0 Å². The molecule has 0 saturated carbocycles. The third-order valence-corrected chi connectivity index (χ3v) is 5.49. The summed E-state index contributed by atoms with van der Waals surface area (Å²) in [6, 6.07) is 0. The molecule has 4 fully saturated rings. The second kappa shape index (κ2) is 15.8. The zero-order chi connectivity index (χ0) is 24.9. The van der Waals surface area contributed by atoms with Crippen molar-refractivity contribution >= 4 is 5.97 Å². The number of hydrogen-bond acceptors (Lipinski definition) is 8. The molecule has 33 heavy (non-hydrogen) atoms. The van der Waals surface area contributed by atoms with Gasteiger partial charge in [0.1, 0.15) is 6.10 Å². The fourth-order valence-electron chi connectivity index (χ4n) is 3.86. The summed E-state index contributed by atoms with van der Waals surface area (Å²) in [5.74, 6) is -0.659. The highest BCUT2D eigenvalue weighted by Gasteiger charge is 2.47. The van der Waals surface area contributed by atoms with E-state index in [9.17, 15) is 9.90 Å². The Morgan fingerprint density at radius 1 is 1.15 bits per heavy atom. The molecular weight excluding hydrogens is 428 g/mol.